The van der Waals surface area contributed by atoms with Crippen LogP contribution in [-0.2, 0) is 5.41 Å². The lowest BCUT2D eigenvalue weighted by Crippen LogP contribution is -2.27. The summed E-state index contributed by atoms with van der Waals surface area (Å²) in [6.07, 6.45) is 2.94. The first-order chi connectivity index (χ1) is 7.97. The zero-order valence-electron chi connectivity index (χ0n) is 11.0. The fourth-order valence-electron chi connectivity index (χ4n) is 2.39. The molecule has 1 saturated carbocycles. The summed E-state index contributed by atoms with van der Waals surface area (Å²) in [5.74, 6) is 0. The second kappa shape index (κ2) is 4.69. The maximum atomic E-state index is 9.77. The standard InChI is InChI=1S/C15H23NO/c1-15(2,3)11-7-9-12(10-8-11)16-13-5-4-6-14(13)17/h7-10,13-14,16-17H,4-6H2,1-3H3/t13-,14-/m1/s1. The topological polar surface area (TPSA) is 32.3 Å². The third kappa shape index (κ3) is 3.01. The zero-order chi connectivity index (χ0) is 12.5. The molecular weight excluding hydrogens is 210 g/mol. The van der Waals surface area contributed by atoms with Gasteiger partial charge in [0.25, 0.3) is 0 Å². The molecule has 1 aliphatic rings. The third-order valence-electron chi connectivity index (χ3n) is 3.58. The number of aliphatic hydroxyl groups is 1. The lowest BCUT2D eigenvalue weighted by atomic mass is 9.87. The summed E-state index contributed by atoms with van der Waals surface area (Å²) < 4.78 is 0. The van der Waals surface area contributed by atoms with E-state index < -0.39 is 0 Å². The highest BCUT2D eigenvalue weighted by Crippen LogP contribution is 2.26. The molecule has 2 rings (SSSR count). The van der Waals surface area contributed by atoms with Gasteiger partial charge in [0.05, 0.1) is 12.1 Å². The Morgan fingerprint density at radius 3 is 2.24 bits per heavy atom. The second-order valence-corrected chi connectivity index (χ2v) is 6.08. The van der Waals surface area contributed by atoms with E-state index in [2.05, 4.69) is 50.4 Å². The molecule has 0 saturated heterocycles. The summed E-state index contributed by atoms with van der Waals surface area (Å²) in [5.41, 5.74) is 2.66. The SMILES string of the molecule is CC(C)(C)c1ccc(N[C@@H]2CCC[C@H]2O)cc1. The normalized spacial score (nSPS) is 24.9. The van der Waals surface area contributed by atoms with Crippen LogP contribution in [0.15, 0.2) is 24.3 Å². The van der Waals surface area contributed by atoms with Gasteiger partial charge in [-0.15, -0.1) is 0 Å². The Morgan fingerprint density at radius 1 is 1.12 bits per heavy atom. The van der Waals surface area contributed by atoms with E-state index in [1.807, 2.05) is 0 Å². The van der Waals surface area contributed by atoms with Crippen LogP contribution < -0.4 is 5.32 Å². The molecule has 0 aromatic heterocycles. The minimum atomic E-state index is -0.183. The molecule has 17 heavy (non-hydrogen) atoms. The van der Waals surface area contributed by atoms with Crippen LogP contribution >= 0.6 is 0 Å². The lowest BCUT2D eigenvalue weighted by Gasteiger charge is -2.21. The summed E-state index contributed by atoms with van der Waals surface area (Å²) in [6.45, 7) is 6.66. The van der Waals surface area contributed by atoms with Gasteiger partial charge in [-0.25, -0.2) is 0 Å². The molecule has 1 fully saturated rings. The van der Waals surface area contributed by atoms with E-state index in [9.17, 15) is 5.11 Å². The molecule has 0 aliphatic heterocycles. The van der Waals surface area contributed by atoms with Crippen molar-refractivity contribution in [2.24, 2.45) is 0 Å². The summed E-state index contributed by atoms with van der Waals surface area (Å²) in [7, 11) is 0. The molecule has 94 valence electrons. The van der Waals surface area contributed by atoms with Crippen LogP contribution in [0.1, 0.15) is 45.6 Å². The molecule has 1 aliphatic carbocycles. The average molecular weight is 233 g/mol. The molecule has 0 spiro atoms. The Hall–Kier alpha value is -1.02. The molecule has 0 bridgehead atoms. The van der Waals surface area contributed by atoms with Crippen LogP contribution in [0, 0.1) is 0 Å². The molecule has 2 atom stereocenters. The highest BCUT2D eigenvalue weighted by Gasteiger charge is 2.24. The van der Waals surface area contributed by atoms with Crippen molar-refractivity contribution in [3.63, 3.8) is 0 Å². The van der Waals surface area contributed by atoms with Crippen LogP contribution in [0.4, 0.5) is 5.69 Å². The maximum absolute atomic E-state index is 9.77. The van der Waals surface area contributed by atoms with Crippen molar-refractivity contribution in [3.05, 3.63) is 29.8 Å². The van der Waals surface area contributed by atoms with Crippen molar-refractivity contribution in [2.45, 2.75) is 57.6 Å². The number of nitrogens with one attached hydrogen (secondary N) is 1. The van der Waals surface area contributed by atoms with Gasteiger partial charge in [0.15, 0.2) is 0 Å². The molecule has 1 aromatic carbocycles. The van der Waals surface area contributed by atoms with Crippen LogP contribution in [0.3, 0.4) is 0 Å². The van der Waals surface area contributed by atoms with Crippen molar-refractivity contribution in [2.75, 3.05) is 5.32 Å². The fourth-order valence-corrected chi connectivity index (χ4v) is 2.39. The van der Waals surface area contributed by atoms with Gasteiger partial charge in [-0.05, 0) is 42.4 Å². The Bertz CT molecular complexity index is 364. The van der Waals surface area contributed by atoms with E-state index in [-0.39, 0.29) is 17.6 Å². The molecular formula is C15H23NO. The van der Waals surface area contributed by atoms with Crippen molar-refractivity contribution in [1.82, 2.24) is 0 Å². The van der Waals surface area contributed by atoms with Gasteiger partial charge in [0.1, 0.15) is 0 Å². The number of hydrogen-bond donors (Lipinski definition) is 2. The minimum Gasteiger partial charge on any atom is -0.391 e. The summed E-state index contributed by atoms with van der Waals surface area (Å²) >= 11 is 0. The van der Waals surface area contributed by atoms with Gasteiger partial charge in [0.2, 0.25) is 0 Å². The highest BCUT2D eigenvalue weighted by atomic mass is 16.3. The van der Waals surface area contributed by atoms with Gasteiger partial charge in [-0.2, -0.15) is 0 Å². The van der Waals surface area contributed by atoms with E-state index in [1.54, 1.807) is 0 Å². The van der Waals surface area contributed by atoms with E-state index in [4.69, 9.17) is 0 Å². The average Bonchev–Trinajstić information content (AvgIpc) is 2.64. The summed E-state index contributed by atoms with van der Waals surface area (Å²) in [4.78, 5) is 0. The number of anilines is 1. The lowest BCUT2D eigenvalue weighted by molar-refractivity contribution is 0.172. The Balaban J connectivity index is 2.03. The highest BCUT2D eigenvalue weighted by molar-refractivity contribution is 5.47. The first kappa shape index (κ1) is 12.4. The molecule has 0 heterocycles. The molecule has 0 amide bonds. The van der Waals surface area contributed by atoms with Gasteiger partial charge in [-0.3, -0.25) is 0 Å². The molecule has 0 radical (unpaired) electrons. The molecule has 0 unspecified atom stereocenters. The first-order valence-corrected chi connectivity index (χ1v) is 6.52. The number of aliphatic hydroxyl groups excluding tert-OH is 1. The van der Waals surface area contributed by atoms with Crippen LogP contribution in [0.5, 0.6) is 0 Å². The fraction of sp³-hybridized carbons (Fsp3) is 0.600. The number of rotatable bonds is 2. The third-order valence-corrected chi connectivity index (χ3v) is 3.58. The van der Waals surface area contributed by atoms with Gasteiger partial charge in [-0.1, -0.05) is 32.9 Å². The van der Waals surface area contributed by atoms with Crippen LogP contribution in [0.2, 0.25) is 0 Å². The van der Waals surface area contributed by atoms with E-state index in [0.29, 0.717) is 0 Å². The number of benzene rings is 1. The predicted octanol–water partition coefficient (Wildman–Crippen LogP) is 3.31. The van der Waals surface area contributed by atoms with Crippen LogP contribution in [0.25, 0.3) is 0 Å². The quantitative estimate of drug-likeness (QED) is 0.821. The van der Waals surface area contributed by atoms with Crippen molar-refractivity contribution < 1.29 is 5.11 Å². The predicted molar refractivity (Wildman–Crippen MR) is 72.4 cm³/mol. The van der Waals surface area contributed by atoms with Crippen molar-refractivity contribution >= 4 is 5.69 Å². The summed E-state index contributed by atoms with van der Waals surface area (Å²) in [5, 5.41) is 13.2. The maximum Gasteiger partial charge on any atom is 0.0741 e. The minimum absolute atomic E-state index is 0.183. The van der Waals surface area contributed by atoms with E-state index in [1.165, 1.54) is 5.56 Å². The Morgan fingerprint density at radius 2 is 1.76 bits per heavy atom. The molecule has 2 heteroatoms. The van der Waals surface area contributed by atoms with Crippen molar-refractivity contribution in [1.29, 1.82) is 0 Å². The Kier molecular flexibility index (Phi) is 3.43. The smallest absolute Gasteiger partial charge is 0.0741 e. The largest absolute Gasteiger partial charge is 0.391 e. The molecule has 2 N–H and O–H groups in total. The molecule has 1 aromatic rings. The van der Waals surface area contributed by atoms with Gasteiger partial charge < -0.3 is 10.4 Å². The van der Waals surface area contributed by atoms with E-state index >= 15 is 0 Å². The zero-order valence-corrected chi connectivity index (χ0v) is 11.0. The monoisotopic (exact) mass is 233 g/mol. The Labute approximate surface area is 104 Å². The van der Waals surface area contributed by atoms with Gasteiger partial charge in [0, 0.05) is 5.69 Å². The van der Waals surface area contributed by atoms with Gasteiger partial charge >= 0.3 is 0 Å². The van der Waals surface area contributed by atoms with Crippen molar-refractivity contribution in [3.8, 4) is 0 Å². The number of hydrogen-bond acceptors (Lipinski definition) is 2. The second-order valence-electron chi connectivity index (χ2n) is 6.08. The first-order valence-electron chi connectivity index (χ1n) is 6.52. The molecule has 2 nitrogen and oxygen atoms in total. The summed E-state index contributed by atoms with van der Waals surface area (Å²) in [6, 6.07) is 8.81. The van der Waals surface area contributed by atoms with E-state index in [0.717, 1.165) is 24.9 Å². The van der Waals surface area contributed by atoms with Crippen LogP contribution in [-0.4, -0.2) is 17.3 Å².